The zero-order chi connectivity index (χ0) is 31.5. The summed E-state index contributed by atoms with van der Waals surface area (Å²) in [5, 5.41) is 2.70. The second-order valence-electron chi connectivity index (χ2n) is 11.9. The molecule has 0 saturated carbocycles. The fourth-order valence-corrected chi connectivity index (χ4v) is 7.01. The molecular formula is C43H26N2O2. The second-order valence-corrected chi connectivity index (χ2v) is 11.9. The molecule has 0 spiro atoms. The van der Waals surface area contributed by atoms with Crippen LogP contribution in [0.4, 0.5) is 0 Å². The van der Waals surface area contributed by atoms with Gasteiger partial charge in [0.25, 0.3) is 0 Å². The number of nitrogens with zero attached hydrogens (tertiary/aromatic N) is 1. The number of aromatic nitrogens is 2. The van der Waals surface area contributed by atoms with Crippen LogP contribution in [0.3, 0.4) is 0 Å². The zero-order valence-corrected chi connectivity index (χ0v) is 25.2. The normalized spacial score (nSPS) is 11.9. The number of hydrogen-bond acceptors (Lipinski definition) is 3. The van der Waals surface area contributed by atoms with Gasteiger partial charge in [-0.15, -0.1) is 0 Å². The van der Waals surface area contributed by atoms with Crippen LogP contribution in [0.1, 0.15) is 11.4 Å². The van der Waals surface area contributed by atoms with E-state index in [1.807, 2.05) is 66.7 Å². The van der Waals surface area contributed by atoms with Gasteiger partial charge >= 0.3 is 0 Å². The molecule has 0 atom stereocenters. The number of benzene rings is 6. The Labute approximate surface area is 270 Å². The average Bonchev–Trinajstić information content (AvgIpc) is 3.79. The van der Waals surface area contributed by atoms with E-state index in [9.17, 15) is 9.59 Å². The van der Waals surface area contributed by atoms with Crippen LogP contribution in [0.15, 0.2) is 149 Å². The first-order valence-electron chi connectivity index (χ1n) is 15.6. The van der Waals surface area contributed by atoms with E-state index in [1.165, 1.54) is 0 Å². The molecule has 0 radical (unpaired) electrons. The van der Waals surface area contributed by atoms with Gasteiger partial charge in [-0.1, -0.05) is 103 Å². The molecule has 1 aliphatic carbocycles. The van der Waals surface area contributed by atoms with Crippen molar-refractivity contribution in [3.8, 4) is 44.5 Å². The molecular weight excluding hydrogens is 576 g/mol. The van der Waals surface area contributed by atoms with Crippen LogP contribution >= 0.6 is 0 Å². The molecule has 2 aliphatic heterocycles. The lowest BCUT2D eigenvalue weighted by atomic mass is 9.90. The highest BCUT2D eigenvalue weighted by Crippen LogP contribution is 2.39. The van der Waals surface area contributed by atoms with Gasteiger partial charge in [0.2, 0.25) is 10.9 Å². The monoisotopic (exact) mass is 602 g/mol. The van der Waals surface area contributed by atoms with Crippen LogP contribution in [-0.2, 0) is 0 Å². The Morgan fingerprint density at radius 3 is 1.38 bits per heavy atom. The topological polar surface area (TPSA) is 62.8 Å². The van der Waals surface area contributed by atoms with Crippen molar-refractivity contribution in [1.82, 2.24) is 9.97 Å². The van der Waals surface area contributed by atoms with Crippen molar-refractivity contribution >= 4 is 44.7 Å². The van der Waals surface area contributed by atoms with Crippen LogP contribution in [-0.4, -0.2) is 9.97 Å². The molecule has 3 heterocycles. The van der Waals surface area contributed by atoms with Gasteiger partial charge in [0.05, 0.1) is 11.4 Å². The predicted molar refractivity (Wildman–Crippen MR) is 194 cm³/mol. The lowest BCUT2D eigenvalue weighted by Crippen LogP contribution is -2.25. The molecule has 1 aromatic heterocycles. The summed E-state index contributed by atoms with van der Waals surface area (Å²) < 4.78 is 0. The number of hydrogen-bond donors (Lipinski definition) is 1. The lowest BCUT2D eigenvalue weighted by molar-refractivity contribution is 1.32. The quantitative estimate of drug-likeness (QED) is 0.162. The third kappa shape index (κ3) is 4.34. The van der Waals surface area contributed by atoms with E-state index in [-0.39, 0.29) is 0 Å². The van der Waals surface area contributed by atoms with E-state index in [2.05, 4.69) is 77.8 Å². The summed E-state index contributed by atoms with van der Waals surface area (Å²) in [5.41, 5.74) is 10.1. The van der Waals surface area contributed by atoms with Crippen LogP contribution in [0.5, 0.6) is 0 Å². The number of H-pyrrole nitrogens is 1. The molecule has 4 heteroatoms. The molecule has 0 saturated heterocycles. The van der Waals surface area contributed by atoms with Crippen LogP contribution in [0.25, 0.3) is 89.2 Å². The molecule has 5 aromatic carbocycles. The van der Waals surface area contributed by atoms with E-state index < -0.39 is 10.9 Å². The first kappa shape index (κ1) is 27.0. The van der Waals surface area contributed by atoms with Crippen molar-refractivity contribution in [2.75, 3.05) is 0 Å². The summed E-state index contributed by atoms with van der Waals surface area (Å²) in [6, 6.07) is 46.6. The number of rotatable bonds is 3. The van der Waals surface area contributed by atoms with E-state index in [0.29, 0.717) is 10.8 Å². The molecule has 1 N–H and O–H groups in total. The first-order valence-corrected chi connectivity index (χ1v) is 15.6. The summed E-state index contributed by atoms with van der Waals surface area (Å²) >= 11 is 0. The zero-order valence-electron chi connectivity index (χ0n) is 25.2. The Hall–Kier alpha value is -6.39. The highest BCUT2D eigenvalue weighted by Gasteiger charge is 2.20. The fraction of sp³-hybridized carbons (Fsp3) is 0. The van der Waals surface area contributed by atoms with Gasteiger partial charge < -0.3 is 4.98 Å². The van der Waals surface area contributed by atoms with Gasteiger partial charge in [0.15, 0.2) is 0 Å². The van der Waals surface area contributed by atoms with Gasteiger partial charge in [0.1, 0.15) is 0 Å². The van der Waals surface area contributed by atoms with Gasteiger partial charge in [-0.25, -0.2) is 4.98 Å². The van der Waals surface area contributed by atoms with E-state index in [0.717, 1.165) is 77.7 Å². The molecule has 4 nitrogen and oxygen atoms in total. The molecule has 0 amide bonds. The molecule has 47 heavy (non-hydrogen) atoms. The second kappa shape index (κ2) is 10.6. The maximum atomic E-state index is 13.4. The van der Waals surface area contributed by atoms with E-state index in [1.54, 1.807) is 12.1 Å². The third-order valence-electron chi connectivity index (χ3n) is 9.17. The summed E-state index contributed by atoms with van der Waals surface area (Å²) in [7, 11) is 0. The smallest absolute Gasteiger partial charge is 0.234 e. The minimum atomic E-state index is -0.483. The Bertz CT molecular complexity index is 2700. The Balaban J connectivity index is 1.54. The fourth-order valence-electron chi connectivity index (χ4n) is 7.01. The molecule has 0 unspecified atom stereocenters. The largest absolute Gasteiger partial charge is 0.354 e. The standard InChI is InChI=1S/C43H26N2O2/c46-42-31-18-16-29-24-33(31)34-25-30(17-19-32(34)43(42)47)40(27-12-6-2-7-13-27)36-21-23-38(45-36)41(28-14-8-3-9-15-28)37-22-20-35(44-37)39(29)26-10-4-1-5-11-26/h1-25,44H. The van der Waals surface area contributed by atoms with Crippen molar-refractivity contribution in [1.29, 1.82) is 0 Å². The minimum absolute atomic E-state index is 0.416. The van der Waals surface area contributed by atoms with E-state index in [4.69, 9.17) is 4.98 Å². The van der Waals surface area contributed by atoms with Gasteiger partial charge in [-0.2, -0.15) is 0 Å². The summed E-state index contributed by atoms with van der Waals surface area (Å²) in [6.45, 7) is 0. The number of aromatic amines is 1. The molecule has 220 valence electrons. The summed E-state index contributed by atoms with van der Waals surface area (Å²) in [5.74, 6) is 0. The van der Waals surface area contributed by atoms with Crippen molar-refractivity contribution < 1.29 is 0 Å². The highest BCUT2D eigenvalue weighted by molar-refractivity contribution is 6.05. The van der Waals surface area contributed by atoms with Crippen LogP contribution < -0.4 is 10.9 Å². The first-order chi connectivity index (χ1) is 23.1. The van der Waals surface area contributed by atoms with Crippen molar-refractivity contribution in [2.24, 2.45) is 0 Å². The number of nitrogens with one attached hydrogen (secondary N) is 1. The minimum Gasteiger partial charge on any atom is -0.354 e. The van der Waals surface area contributed by atoms with E-state index >= 15 is 0 Å². The predicted octanol–water partition coefficient (Wildman–Crippen LogP) is 9.74. The summed E-state index contributed by atoms with van der Waals surface area (Å²) in [6.07, 6.45) is 4.15. The SMILES string of the molecule is O=c1c(=O)c2ccc3cc2-c2cc(ccc21)c(-c1ccccc1)c1nc(c(-c2ccccc2)c2ccc([nH]2)c3-c2ccccc2)C=C1. The lowest BCUT2D eigenvalue weighted by Gasteiger charge is -2.13. The maximum Gasteiger partial charge on any atom is 0.234 e. The molecule has 3 aliphatic rings. The van der Waals surface area contributed by atoms with Gasteiger partial charge in [-0.3, -0.25) is 9.59 Å². The van der Waals surface area contributed by atoms with Crippen LogP contribution in [0, 0.1) is 0 Å². The molecule has 6 aromatic rings. The Morgan fingerprint density at radius 1 is 0.426 bits per heavy atom. The Morgan fingerprint density at radius 2 is 0.851 bits per heavy atom. The van der Waals surface area contributed by atoms with Crippen molar-refractivity contribution in [3.63, 3.8) is 0 Å². The Kier molecular flexibility index (Phi) is 6.09. The van der Waals surface area contributed by atoms with Crippen LogP contribution in [0.2, 0.25) is 0 Å². The molecule has 8 bridgehead atoms. The average molecular weight is 603 g/mol. The number of fused-ring (bicyclic) bond motifs is 6. The summed E-state index contributed by atoms with van der Waals surface area (Å²) in [4.78, 5) is 35.9. The third-order valence-corrected chi connectivity index (χ3v) is 9.17. The highest BCUT2D eigenvalue weighted by atomic mass is 16.2. The van der Waals surface area contributed by atoms with Gasteiger partial charge in [-0.05, 0) is 87.1 Å². The van der Waals surface area contributed by atoms with Crippen molar-refractivity contribution in [3.05, 3.63) is 171 Å². The molecule has 0 fully saturated rings. The maximum absolute atomic E-state index is 13.4. The van der Waals surface area contributed by atoms with Gasteiger partial charge in [0, 0.05) is 38.5 Å². The van der Waals surface area contributed by atoms with Crippen molar-refractivity contribution in [2.45, 2.75) is 0 Å². The molecule has 9 rings (SSSR count).